The lowest BCUT2D eigenvalue weighted by Crippen LogP contribution is -2.49. The van der Waals surface area contributed by atoms with Crippen molar-refractivity contribution >= 4 is 21.8 Å². The van der Waals surface area contributed by atoms with Crippen LogP contribution in [0.1, 0.15) is 25.8 Å². The van der Waals surface area contributed by atoms with Crippen molar-refractivity contribution in [1.82, 2.24) is 10.0 Å². The fourth-order valence-electron chi connectivity index (χ4n) is 1.95. The summed E-state index contributed by atoms with van der Waals surface area (Å²) in [6.07, 6.45) is 0.301. The first-order chi connectivity index (χ1) is 10.6. The van der Waals surface area contributed by atoms with Gasteiger partial charge in [-0.2, -0.15) is 4.72 Å². The van der Waals surface area contributed by atoms with Crippen LogP contribution < -0.4 is 15.8 Å². The third-order valence-corrected chi connectivity index (χ3v) is 4.58. The van der Waals surface area contributed by atoms with E-state index in [0.29, 0.717) is 6.42 Å². The quantitative estimate of drug-likeness (QED) is 0.629. The summed E-state index contributed by atoms with van der Waals surface area (Å²) < 4.78 is 27.2. The van der Waals surface area contributed by atoms with Crippen LogP contribution in [0.25, 0.3) is 0 Å². The third-order valence-electron chi connectivity index (χ3n) is 3.09. The number of carbonyl (C=O) groups excluding carboxylic acids is 2. The van der Waals surface area contributed by atoms with E-state index in [9.17, 15) is 18.0 Å². The number of primary amides is 1. The summed E-state index contributed by atoms with van der Waals surface area (Å²) >= 11 is 0. The van der Waals surface area contributed by atoms with Gasteiger partial charge in [-0.1, -0.05) is 31.5 Å². The molecule has 0 aliphatic rings. The van der Waals surface area contributed by atoms with Gasteiger partial charge >= 0.3 is 0 Å². The van der Waals surface area contributed by atoms with Crippen LogP contribution in [-0.2, 0) is 19.6 Å². The molecule has 0 aliphatic heterocycles. The Morgan fingerprint density at radius 2 is 1.74 bits per heavy atom. The predicted molar refractivity (Wildman–Crippen MR) is 86.9 cm³/mol. The standard InChI is InChI=1S/C15H23N3O4S/c1-10(2)8-13(15(20)17-9-14(16)19)18-23(21,22)12-6-4-11(3)5-7-12/h4-7,10,13,18H,8-9H2,1-3H3,(H2,16,19)(H,17,20)/t13-/m1/s1. The molecule has 0 fully saturated rings. The molecule has 7 nitrogen and oxygen atoms in total. The molecular weight excluding hydrogens is 318 g/mol. The largest absolute Gasteiger partial charge is 0.368 e. The molecule has 0 heterocycles. The van der Waals surface area contributed by atoms with Gasteiger partial charge < -0.3 is 11.1 Å². The Hall–Kier alpha value is -1.93. The van der Waals surface area contributed by atoms with Gasteiger partial charge in [-0.3, -0.25) is 9.59 Å². The molecule has 0 radical (unpaired) electrons. The lowest BCUT2D eigenvalue weighted by molar-refractivity contribution is -0.126. The molecule has 0 unspecified atom stereocenters. The highest BCUT2D eigenvalue weighted by atomic mass is 32.2. The second-order valence-corrected chi connectivity index (χ2v) is 7.51. The van der Waals surface area contributed by atoms with Crippen LogP contribution in [0.4, 0.5) is 0 Å². The minimum Gasteiger partial charge on any atom is -0.368 e. The minimum absolute atomic E-state index is 0.0829. The van der Waals surface area contributed by atoms with Crippen LogP contribution in [0.3, 0.4) is 0 Å². The van der Waals surface area contributed by atoms with Gasteiger partial charge in [-0.05, 0) is 31.4 Å². The second kappa shape index (κ2) is 8.07. The number of benzene rings is 1. The van der Waals surface area contributed by atoms with Gasteiger partial charge in [-0.15, -0.1) is 0 Å². The Morgan fingerprint density at radius 3 is 2.22 bits per heavy atom. The first-order valence-corrected chi connectivity index (χ1v) is 8.75. The summed E-state index contributed by atoms with van der Waals surface area (Å²) in [5, 5.41) is 2.33. The van der Waals surface area contributed by atoms with Crippen LogP contribution in [0.2, 0.25) is 0 Å². The number of nitrogens with two attached hydrogens (primary N) is 1. The Labute approximate surface area is 136 Å². The second-order valence-electron chi connectivity index (χ2n) is 5.80. The van der Waals surface area contributed by atoms with Gasteiger partial charge in [0, 0.05) is 0 Å². The Bertz CT molecular complexity index is 654. The molecule has 2 amide bonds. The maximum absolute atomic E-state index is 12.4. The highest BCUT2D eigenvalue weighted by molar-refractivity contribution is 7.89. The maximum Gasteiger partial charge on any atom is 0.241 e. The van der Waals surface area contributed by atoms with Crippen molar-refractivity contribution in [2.24, 2.45) is 11.7 Å². The molecule has 0 saturated heterocycles. The molecule has 1 atom stereocenters. The zero-order chi connectivity index (χ0) is 17.6. The van der Waals surface area contributed by atoms with E-state index in [2.05, 4.69) is 10.0 Å². The summed E-state index contributed by atoms with van der Waals surface area (Å²) in [6.45, 7) is 5.26. The highest BCUT2D eigenvalue weighted by Gasteiger charge is 2.26. The van der Waals surface area contributed by atoms with Gasteiger partial charge in [0.05, 0.1) is 11.4 Å². The highest BCUT2D eigenvalue weighted by Crippen LogP contribution is 2.13. The molecule has 0 bridgehead atoms. The topological polar surface area (TPSA) is 118 Å². The summed E-state index contributed by atoms with van der Waals surface area (Å²) in [5.74, 6) is -1.18. The zero-order valence-electron chi connectivity index (χ0n) is 13.5. The average molecular weight is 341 g/mol. The van der Waals surface area contributed by atoms with Crippen molar-refractivity contribution in [2.45, 2.75) is 38.1 Å². The fourth-order valence-corrected chi connectivity index (χ4v) is 3.16. The van der Waals surface area contributed by atoms with Crippen molar-refractivity contribution in [3.63, 3.8) is 0 Å². The Balaban J connectivity index is 2.92. The average Bonchev–Trinajstić information content (AvgIpc) is 2.43. The maximum atomic E-state index is 12.4. The number of hydrogen-bond acceptors (Lipinski definition) is 4. The van der Waals surface area contributed by atoms with E-state index in [1.807, 2.05) is 20.8 Å². The first kappa shape index (κ1) is 19.1. The summed E-state index contributed by atoms with van der Waals surface area (Å²) in [7, 11) is -3.83. The van der Waals surface area contributed by atoms with Gasteiger partial charge in [0.1, 0.15) is 6.04 Å². The molecule has 0 aliphatic carbocycles. The van der Waals surface area contributed by atoms with Gasteiger partial charge in [0.2, 0.25) is 21.8 Å². The molecule has 1 aromatic carbocycles. The van der Waals surface area contributed by atoms with E-state index in [4.69, 9.17) is 5.73 Å². The minimum atomic E-state index is -3.83. The number of rotatable bonds is 8. The predicted octanol–water partition coefficient (Wildman–Crippen LogP) is 0.290. The van der Waals surface area contributed by atoms with Gasteiger partial charge in [0.15, 0.2) is 0 Å². The molecule has 128 valence electrons. The normalized spacial score (nSPS) is 12.9. The Kier molecular flexibility index (Phi) is 6.71. The van der Waals surface area contributed by atoms with Crippen LogP contribution >= 0.6 is 0 Å². The number of hydrogen-bond donors (Lipinski definition) is 3. The van der Waals surface area contributed by atoms with E-state index >= 15 is 0 Å². The van der Waals surface area contributed by atoms with Crippen molar-refractivity contribution in [3.8, 4) is 0 Å². The number of nitrogens with one attached hydrogen (secondary N) is 2. The molecule has 0 aromatic heterocycles. The SMILES string of the molecule is Cc1ccc(S(=O)(=O)N[C@H](CC(C)C)C(=O)NCC(N)=O)cc1. The lowest BCUT2D eigenvalue weighted by Gasteiger charge is -2.20. The molecule has 4 N–H and O–H groups in total. The lowest BCUT2D eigenvalue weighted by atomic mass is 10.0. The van der Waals surface area contributed by atoms with Crippen molar-refractivity contribution < 1.29 is 18.0 Å². The van der Waals surface area contributed by atoms with Crippen LogP contribution in [0.15, 0.2) is 29.2 Å². The van der Waals surface area contributed by atoms with E-state index in [1.165, 1.54) is 12.1 Å². The van der Waals surface area contributed by atoms with Gasteiger partial charge in [0.25, 0.3) is 0 Å². The van der Waals surface area contributed by atoms with E-state index in [0.717, 1.165) is 5.56 Å². The molecule has 8 heteroatoms. The first-order valence-electron chi connectivity index (χ1n) is 7.27. The smallest absolute Gasteiger partial charge is 0.241 e. The van der Waals surface area contributed by atoms with Crippen LogP contribution in [0.5, 0.6) is 0 Å². The summed E-state index contributed by atoms with van der Waals surface area (Å²) in [6, 6.07) is 5.34. The number of amides is 2. The number of aryl methyl sites for hydroxylation is 1. The third kappa shape index (κ3) is 6.37. The van der Waals surface area contributed by atoms with E-state index < -0.39 is 27.9 Å². The van der Waals surface area contributed by atoms with Crippen molar-refractivity contribution in [2.75, 3.05) is 6.54 Å². The van der Waals surface area contributed by atoms with Crippen LogP contribution in [-0.4, -0.2) is 32.8 Å². The summed E-state index contributed by atoms with van der Waals surface area (Å²) in [5.41, 5.74) is 5.91. The molecular formula is C15H23N3O4S. The number of carbonyl (C=O) groups is 2. The zero-order valence-corrected chi connectivity index (χ0v) is 14.3. The molecule has 23 heavy (non-hydrogen) atoms. The van der Waals surface area contributed by atoms with E-state index in [-0.39, 0.29) is 17.4 Å². The molecule has 0 spiro atoms. The molecule has 0 saturated carbocycles. The number of sulfonamides is 1. The van der Waals surface area contributed by atoms with Gasteiger partial charge in [-0.25, -0.2) is 8.42 Å². The van der Waals surface area contributed by atoms with Crippen molar-refractivity contribution in [1.29, 1.82) is 0 Å². The van der Waals surface area contributed by atoms with Crippen LogP contribution in [0, 0.1) is 12.8 Å². The molecule has 1 aromatic rings. The van der Waals surface area contributed by atoms with E-state index in [1.54, 1.807) is 12.1 Å². The fraction of sp³-hybridized carbons (Fsp3) is 0.467. The van der Waals surface area contributed by atoms with Crippen molar-refractivity contribution in [3.05, 3.63) is 29.8 Å². The Morgan fingerprint density at radius 1 is 1.17 bits per heavy atom. The monoisotopic (exact) mass is 341 g/mol. The summed E-state index contributed by atoms with van der Waals surface area (Å²) in [4.78, 5) is 22.9. The molecule has 1 rings (SSSR count).